The van der Waals surface area contributed by atoms with Gasteiger partial charge in [0.1, 0.15) is 0 Å². The Hall–Kier alpha value is -1.62. The number of pyridine rings is 1. The Morgan fingerprint density at radius 2 is 2.31 bits per heavy atom. The first kappa shape index (κ1) is 10.9. The molecule has 0 spiro atoms. The first-order chi connectivity index (χ1) is 7.74. The summed E-state index contributed by atoms with van der Waals surface area (Å²) in [6, 6.07) is 4.04. The molecular formula is C11H17N5. The van der Waals surface area contributed by atoms with Crippen LogP contribution in [0.3, 0.4) is 0 Å². The molecule has 0 aliphatic heterocycles. The third kappa shape index (κ3) is 1.99. The molecule has 5 nitrogen and oxygen atoms in total. The van der Waals surface area contributed by atoms with Crippen LogP contribution in [0.25, 0.3) is 5.65 Å². The Kier molecular flexibility index (Phi) is 3.05. The summed E-state index contributed by atoms with van der Waals surface area (Å²) in [4.78, 5) is 6.56. The maximum absolute atomic E-state index is 5.56. The molecule has 2 heterocycles. The molecular weight excluding hydrogens is 202 g/mol. The van der Waals surface area contributed by atoms with E-state index in [2.05, 4.69) is 21.9 Å². The highest BCUT2D eigenvalue weighted by Crippen LogP contribution is 2.11. The van der Waals surface area contributed by atoms with Gasteiger partial charge >= 0.3 is 0 Å². The van der Waals surface area contributed by atoms with Crippen LogP contribution in [-0.2, 0) is 0 Å². The van der Waals surface area contributed by atoms with E-state index in [1.54, 1.807) is 4.52 Å². The van der Waals surface area contributed by atoms with E-state index in [0.717, 1.165) is 24.7 Å². The van der Waals surface area contributed by atoms with E-state index < -0.39 is 0 Å². The van der Waals surface area contributed by atoms with Gasteiger partial charge in [0.25, 0.3) is 0 Å². The number of hydrogen-bond acceptors (Lipinski definition) is 4. The Balaban J connectivity index is 2.37. The zero-order valence-electron chi connectivity index (χ0n) is 9.72. The standard InChI is InChI=1S/C11H17N5/c1-3-15(7-5-12)11-13-10-8-9(2)4-6-16(10)14-11/h4,6,8H,3,5,7,12H2,1-2H3. The molecule has 0 aliphatic carbocycles. The van der Waals surface area contributed by atoms with Gasteiger partial charge in [0.2, 0.25) is 5.95 Å². The van der Waals surface area contributed by atoms with Gasteiger partial charge in [0, 0.05) is 25.8 Å². The largest absolute Gasteiger partial charge is 0.339 e. The second kappa shape index (κ2) is 4.49. The second-order valence-corrected chi connectivity index (χ2v) is 3.79. The van der Waals surface area contributed by atoms with E-state index in [9.17, 15) is 0 Å². The predicted octanol–water partition coefficient (Wildman–Crippen LogP) is 0.823. The third-order valence-electron chi connectivity index (χ3n) is 2.55. The molecule has 16 heavy (non-hydrogen) atoms. The van der Waals surface area contributed by atoms with Gasteiger partial charge < -0.3 is 10.6 Å². The average molecular weight is 219 g/mol. The molecule has 0 bridgehead atoms. The summed E-state index contributed by atoms with van der Waals surface area (Å²) >= 11 is 0. The van der Waals surface area contributed by atoms with Crippen LogP contribution >= 0.6 is 0 Å². The van der Waals surface area contributed by atoms with Gasteiger partial charge in [-0.1, -0.05) is 0 Å². The van der Waals surface area contributed by atoms with Crippen molar-refractivity contribution in [1.82, 2.24) is 14.6 Å². The molecule has 0 atom stereocenters. The lowest BCUT2D eigenvalue weighted by Gasteiger charge is -2.16. The monoisotopic (exact) mass is 219 g/mol. The van der Waals surface area contributed by atoms with E-state index in [0.29, 0.717) is 6.54 Å². The highest BCUT2D eigenvalue weighted by molar-refractivity contribution is 5.46. The zero-order valence-corrected chi connectivity index (χ0v) is 9.72. The zero-order chi connectivity index (χ0) is 11.5. The van der Waals surface area contributed by atoms with Crippen molar-refractivity contribution < 1.29 is 0 Å². The summed E-state index contributed by atoms with van der Waals surface area (Å²) in [5, 5.41) is 4.42. The molecule has 0 fully saturated rings. The summed E-state index contributed by atoms with van der Waals surface area (Å²) in [7, 11) is 0. The van der Waals surface area contributed by atoms with Gasteiger partial charge in [-0.05, 0) is 31.5 Å². The van der Waals surface area contributed by atoms with Crippen LogP contribution in [0.1, 0.15) is 12.5 Å². The highest BCUT2D eigenvalue weighted by Gasteiger charge is 2.09. The van der Waals surface area contributed by atoms with E-state index in [1.165, 1.54) is 5.56 Å². The SMILES string of the molecule is CCN(CCN)c1nc2cc(C)ccn2n1. The normalized spacial score (nSPS) is 10.9. The van der Waals surface area contributed by atoms with Crippen molar-refractivity contribution in [3.63, 3.8) is 0 Å². The minimum Gasteiger partial charge on any atom is -0.339 e. The summed E-state index contributed by atoms with van der Waals surface area (Å²) < 4.78 is 1.79. The molecule has 0 unspecified atom stereocenters. The summed E-state index contributed by atoms with van der Waals surface area (Å²) in [5.74, 6) is 0.749. The molecule has 0 saturated heterocycles. The quantitative estimate of drug-likeness (QED) is 0.827. The van der Waals surface area contributed by atoms with E-state index in [1.807, 2.05) is 25.3 Å². The molecule has 0 aromatic carbocycles. The molecule has 0 radical (unpaired) electrons. The van der Waals surface area contributed by atoms with Crippen LogP contribution in [0.4, 0.5) is 5.95 Å². The Labute approximate surface area is 94.9 Å². The molecule has 2 rings (SSSR count). The fourth-order valence-corrected chi connectivity index (χ4v) is 1.66. The maximum Gasteiger partial charge on any atom is 0.245 e. The van der Waals surface area contributed by atoms with E-state index in [-0.39, 0.29) is 0 Å². The lowest BCUT2D eigenvalue weighted by atomic mass is 10.3. The van der Waals surface area contributed by atoms with E-state index in [4.69, 9.17) is 5.73 Å². The van der Waals surface area contributed by atoms with Gasteiger partial charge in [0.05, 0.1) is 0 Å². The van der Waals surface area contributed by atoms with Crippen molar-refractivity contribution in [3.8, 4) is 0 Å². The van der Waals surface area contributed by atoms with Crippen molar-refractivity contribution in [3.05, 3.63) is 23.9 Å². The number of nitrogens with zero attached hydrogens (tertiary/aromatic N) is 4. The molecule has 2 N–H and O–H groups in total. The second-order valence-electron chi connectivity index (χ2n) is 3.79. The lowest BCUT2D eigenvalue weighted by molar-refractivity contribution is 0.779. The molecule has 0 aliphatic rings. The molecule has 86 valence electrons. The molecule has 5 heteroatoms. The number of nitrogens with two attached hydrogens (primary N) is 1. The fraction of sp³-hybridized carbons (Fsp3) is 0.455. The van der Waals surface area contributed by atoms with Crippen LogP contribution in [0.15, 0.2) is 18.3 Å². The summed E-state index contributed by atoms with van der Waals surface area (Å²) in [5.41, 5.74) is 7.62. The van der Waals surface area contributed by atoms with Crippen LogP contribution in [0.2, 0.25) is 0 Å². The number of anilines is 1. The number of likely N-dealkylation sites (N-methyl/N-ethyl adjacent to an activating group) is 1. The van der Waals surface area contributed by atoms with Gasteiger partial charge in [-0.2, -0.15) is 4.98 Å². The summed E-state index contributed by atoms with van der Waals surface area (Å²) in [6.07, 6.45) is 1.93. The number of hydrogen-bond donors (Lipinski definition) is 1. The number of fused-ring (bicyclic) bond motifs is 1. The Bertz CT molecular complexity index is 476. The Morgan fingerprint density at radius 3 is 3.00 bits per heavy atom. The number of aromatic nitrogens is 3. The maximum atomic E-state index is 5.56. The molecule has 2 aromatic rings. The molecule has 2 aromatic heterocycles. The van der Waals surface area contributed by atoms with Gasteiger partial charge in [-0.15, -0.1) is 5.10 Å². The number of aryl methyl sites for hydroxylation is 1. The lowest BCUT2D eigenvalue weighted by Crippen LogP contribution is -2.30. The minimum absolute atomic E-state index is 0.614. The Morgan fingerprint density at radius 1 is 1.50 bits per heavy atom. The van der Waals surface area contributed by atoms with Crippen LogP contribution < -0.4 is 10.6 Å². The average Bonchev–Trinajstić information content (AvgIpc) is 2.68. The van der Waals surface area contributed by atoms with Crippen LogP contribution in [0, 0.1) is 6.92 Å². The predicted molar refractivity (Wildman–Crippen MR) is 64.7 cm³/mol. The van der Waals surface area contributed by atoms with Gasteiger partial charge in [0.15, 0.2) is 5.65 Å². The van der Waals surface area contributed by atoms with Crippen molar-refractivity contribution in [2.45, 2.75) is 13.8 Å². The third-order valence-corrected chi connectivity index (χ3v) is 2.55. The molecule has 0 saturated carbocycles. The van der Waals surface area contributed by atoms with Crippen molar-refractivity contribution in [2.24, 2.45) is 5.73 Å². The van der Waals surface area contributed by atoms with Crippen molar-refractivity contribution in [1.29, 1.82) is 0 Å². The van der Waals surface area contributed by atoms with E-state index >= 15 is 0 Å². The van der Waals surface area contributed by atoms with Gasteiger partial charge in [-0.3, -0.25) is 0 Å². The van der Waals surface area contributed by atoms with Crippen molar-refractivity contribution >= 4 is 11.6 Å². The van der Waals surface area contributed by atoms with Crippen LogP contribution in [0.5, 0.6) is 0 Å². The first-order valence-corrected chi connectivity index (χ1v) is 5.52. The van der Waals surface area contributed by atoms with Crippen LogP contribution in [-0.4, -0.2) is 34.2 Å². The van der Waals surface area contributed by atoms with Crippen molar-refractivity contribution in [2.75, 3.05) is 24.5 Å². The highest BCUT2D eigenvalue weighted by atomic mass is 15.4. The topological polar surface area (TPSA) is 59.5 Å². The fourth-order valence-electron chi connectivity index (χ4n) is 1.66. The number of rotatable bonds is 4. The molecule has 0 amide bonds. The smallest absolute Gasteiger partial charge is 0.245 e. The minimum atomic E-state index is 0.614. The first-order valence-electron chi connectivity index (χ1n) is 5.52. The van der Waals surface area contributed by atoms with Gasteiger partial charge in [-0.25, -0.2) is 4.52 Å². The summed E-state index contributed by atoms with van der Waals surface area (Å²) in [6.45, 7) is 6.39.